The van der Waals surface area contributed by atoms with Crippen molar-refractivity contribution in [3.05, 3.63) is 20.8 Å². The molecule has 2 aromatic heterocycles. The zero-order valence-corrected chi connectivity index (χ0v) is 20.7. The summed E-state index contributed by atoms with van der Waals surface area (Å²) < 4.78 is 7.66. The van der Waals surface area contributed by atoms with Gasteiger partial charge < -0.3 is 9.64 Å². The zero-order valence-electron chi connectivity index (χ0n) is 19.1. The molecule has 2 fully saturated rings. The van der Waals surface area contributed by atoms with Crippen LogP contribution in [0.5, 0.6) is 0 Å². The molecule has 1 aliphatic carbocycles. The van der Waals surface area contributed by atoms with E-state index in [4.69, 9.17) is 9.72 Å². The fourth-order valence-corrected chi connectivity index (χ4v) is 7.64. The molecule has 3 atom stereocenters. The van der Waals surface area contributed by atoms with Crippen molar-refractivity contribution < 1.29 is 9.53 Å². The molecule has 3 aliphatic rings. The van der Waals surface area contributed by atoms with Gasteiger partial charge in [-0.15, -0.1) is 11.3 Å². The number of carbonyl (C=O) groups is 1. The van der Waals surface area contributed by atoms with Crippen molar-refractivity contribution in [2.24, 2.45) is 11.8 Å². The van der Waals surface area contributed by atoms with Crippen LogP contribution < -0.4 is 5.56 Å². The normalized spacial score (nSPS) is 25.9. The molecule has 5 rings (SSSR count). The van der Waals surface area contributed by atoms with E-state index < -0.39 is 0 Å². The number of thioether (sulfide) groups is 1. The highest BCUT2D eigenvalue weighted by Crippen LogP contribution is 2.36. The Balaban J connectivity index is 1.45. The summed E-state index contributed by atoms with van der Waals surface area (Å²) in [7, 11) is 0. The van der Waals surface area contributed by atoms with Gasteiger partial charge in [-0.2, -0.15) is 0 Å². The number of carbonyl (C=O) groups excluding carboxylic acids is 1. The maximum Gasteiger partial charge on any atom is 0.263 e. The van der Waals surface area contributed by atoms with Crippen molar-refractivity contribution in [2.45, 2.75) is 76.6 Å². The lowest BCUT2D eigenvalue weighted by Gasteiger charge is -2.30. The molecule has 4 heterocycles. The van der Waals surface area contributed by atoms with Gasteiger partial charge in [-0.25, -0.2) is 4.98 Å². The number of ether oxygens (including phenoxy) is 1. The Morgan fingerprint density at radius 1 is 1.22 bits per heavy atom. The second-order valence-electron chi connectivity index (χ2n) is 9.85. The summed E-state index contributed by atoms with van der Waals surface area (Å²) in [5.74, 6) is 1.70. The molecule has 0 spiro atoms. The molecule has 1 amide bonds. The summed E-state index contributed by atoms with van der Waals surface area (Å²) in [6.07, 6.45) is 7.46. The van der Waals surface area contributed by atoms with Crippen molar-refractivity contribution in [2.75, 3.05) is 25.4 Å². The smallest absolute Gasteiger partial charge is 0.263 e. The van der Waals surface area contributed by atoms with Gasteiger partial charge >= 0.3 is 0 Å². The molecule has 2 saturated heterocycles. The van der Waals surface area contributed by atoms with Gasteiger partial charge in [0, 0.05) is 24.6 Å². The first kappa shape index (κ1) is 22.4. The molecule has 0 saturated carbocycles. The summed E-state index contributed by atoms with van der Waals surface area (Å²) in [5.41, 5.74) is 1.27. The van der Waals surface area contributed by atoms with Crippen LogP contribution in [0.15, 0.2) is 9.95 Å². The van der Waals surface area contributed by atoms with Gasteiger partial charge in [0.1, 0.15) is 4.83 Å². The summed E-state index contributed by atoms with van der Waals surface area (Å²) in [4.78, 5) is 35.7. The van der Waals surface area contributed by atoms with E-state index >= 15 is 0 Å². The number of likely N-dealkylation sites (tertiary alicyclic amines) is 1. The van der Waals surface area contributed by atoms with E-state index in [0.717, 1.165) is 68.4 Å². The molecule has 6 nitrogen and oxygen atoms in total. The van der Waals surface area contributed by atoms with E-state index in [-0.39, 0.29) is 17.6 Å². The first-order chi connectivity index (χ1) is 15.5. The lowest BCUT2D eigenvalue weighted by molar-refractivity contribution is -0.130. The molecular formula is C24H33N3O3S2. The maximum absolute atomic E-state index is 13.7. The quantitative estimate of drug-likeness (QED) is 0.481. The number of hydrogen-bond donors (Lipinski definition) is 0. The first-order valence-electron chi connectivity index (χ1n) is 12.1. The van der Waals surface area contributed by atoms with E-state index in [1.54, 1.807) is 15.9 Å². The summed E-state index contributed by atoms with van der Waals surface area (Å²) in [6.45, 7) is 7.46. The minimum atomic E-state index is 0.0547. The number of thiophene rings is 1. The van der Waals surface area contributed by atoms with Gasteiger partial charge in [0.25, 0.3) is 5.56 Å². The number of aryl methyl sites for hydroxylation is 1. The molecular weight excluding hydrogens is 442 g/mol. The zero-order chi connectivity index (χ0) is 22.2. The number of aromatic nitrogens is 2. The second kappa shape index (κ2) is 9.47. The van der Waals surface area contributed by atoms with E-state index in [9.17, 15) is 9.59 Å². The Labute approximate surface area is 197 Å². The van der Waals surface area contributed by atoms with Crippen LogP contribution in [-0.4, -0.2) is 51.9 Å². The van der Waals surface area contributed by atoms with Crippen LogP contribution in [0.3, 0.4) is 0 Å². The Morgan fingerprint density at radius 2 is 2.09 bits per heavy atom. The highest BCUT2D eigenvalue weighted by atomic mass is 32.2. The summed E-state index contributed by atoms with van der Waals surface area (Å²) in [5, 5.41) is 1.48. The molecule has 2 aromatic rings. The Kier molecular flexibility index (Phi) is 6.63. The minimum Gasteiger partial charge on any atom is -0.376 e. The van der Waals surface area contributed by atoms with Gasteiger partial charge in [0.05, 0.1) is 23.8 Å². The molecule has 0 radical (unpaired) electrons. The van der Waals surface area contributed by atoms with Gasteiger partial charge in [0.2, 0.25) is 5.91 Å². The van der Waals surface area contributed by atoms with Crippen molar-refractivity contribution in [1.82, 2.24) is 14.5 Å². The van der Waals surface area contributed by atoms with Gasteiger partial charge in [-0.1, -0.05) is 25.6 Å². The van der Waals surface area contributed by atoms with Crippen LogP contribution in [0.2, 0.25) is 0 Å². The number of amides is 1. The predicted molar refractivity (Wildman–Crippen MR) is 130 cm³/mol. The average molecular weight is 476 g/mol. The third kappa shape index (κ3) is 4.50. The van der Waals surface area contributed by atoms with Crippen molar-refractivity contribution in [3.63, 3.8) is 0 Å². The van der Waals surface area contributed by atoms with Crippen molar-refractivity contribution in [3.8, 4) is 0 Å². The fourth-order valence-electron chi connectivity index (χ4n) is 5.30. The fraction of sp³-hybridized carbons (Fsp3) is 0.708. The molecule has 0 bridgehead atoms. The van der Waals surface area contributed by atoms with E-state index in [2.05, 4.69) is 13.8 Å². The van der Waals surface area contributed by atoms with Crippen LogP contribution in [0.1, 0.15) is 56.4 Å². The Bertz CT molecular complexity index is 1060. The maximum atomic E-state index is 13.7. The SMILES string of the molecule is CC1CCc2c(sc3nc(SCC(=O)N4CCCC(C)C4)n(CC4CCCO4)c(=O)c23)C1. The lowest BCUT2D eigenvalue weighted by atomic mass is 9.89. The van der Waals surface area contributed by atoms with Crippen LogP contribution in [-0.2, 0) is 28.9 Å². The van der Waals surface area contributed by atoms with E-state index in [1.807, 2.05) is 4.90 Å². The van der Waals surface area contributed by atoms with Crippen molar-refractivity contribution >= 4 is 39.2 Å². The largest absolute Gasteiger partial charge is 0.376 e. The van der Waals surface area contributed by atoms with E-state index in [1.165, 1.54) is 28.6 Å². The number of piperidine rings is 1. The molecule has 32 heavy (non-hydrogen) atoms. The number of rotatable bonds is 5. The Morgan fingerprint density at radius 3 is 2.88 bits per heavy atom. The van der Waals surface area contributed by atoms with Crippen molar-refractivity contribution in [1.29, 1.82) is 0 Å². The number of nitrogens with zero attached hydrogens (tertiary/aromatic N) is 3. The Hall–Kier alpha value is -1.38. The van der Waals surface area contributed by atoms with Gasteiger partial charge in [0.15, 0.2) is 5.16 Å². The summed E-state index contributed by atoms with van der Waals surface area (Å²) in [6, 6.07) is 0. The van der Waals surface area contributed by atoms with Crippen LogP contribution in [0.4, 0.5) is 0 Å². The van der Waals surface area contributed by atoms with Crippen LogP contribution >= 0.6 is 23.1 Å². The highest BCUT2D eigenvalue weighted by molar-refractivity contribution is 7.99. The molecule has 8 heteroatoms. The monoisotopic (exact) mass is 475 g/mol. The van der Waals surface area contributed by atoms with Crippen LogP contribution in [0.25, 0.3) is 10.2 Å². The minimum absolute atomic E-state index is 0.0547. The number of fused-ring (bicyclic) bond motifs is 3. The topological polar surface area (TPSA) is 64.4 Å². The number of hydrogen-bond acceptors (Lipinski definition) is 6. The molecule has 174 valence electrons. The molecule has 0 N–H and O–H groups in total. The highest BCUT2D eigenvalue weighted by Gasteiger charge is 2.27. The van der Waals surface area contributed by atoms with E-state index in [0.29, 0.717) is 29.3 Å². The molecule has 0 aromatic carbocycles. The molecule has 2 aliphatic heterocycles. The lowest BCUT2D eigenvalue weighted by Crippen LogP contribution is -2.40. The third-order valence-corrected chi connectivity index (χ3v) is 9.23. The van der Waals surface area contributed by atoms with Gasteiger partial charge in [-0.3, -0.25) is 14.2 Å². The second-order valence-corrected chi connectivity index (χ2v) is 11.9. The van der Waals surface area contributed by atoms with Crippen LogP contribution in [0, 0.1) is 11.8 Å². The predicted octanol–water partition coefficient (Wildman–Crippen LogP) is 4.11. The summed E-state index contributed by atoms with van der Waals surface area (Å²) >= 11 is 3.10. The first-order valence-corrected chi connectivity index (χ1v) is 13.9. The van der Waals surface area contributed by atoms with Gasteiger partial charge in [-0.05, 0) is 62.3 Å². The standard InChI is InChI=1S/C24H33N3O3S2/c1-15-7-8-18-19(11-15)32-22-21(18)23(29)27(13-17-6-4-10-30-17)24(25-22)31-14-20(28)26-9-3-5-16(2)12-26/h15-17H,3-14H2,1-2H3. The third-order valence-electron chi connectivity index (χ3n) is 7.12. The average Bonchev–Trinajstić information content (AvgIpc) is 3.41. The molecule has 3 unspecified atom stereocenters.